The van der Waals surface area contributed by atoms with Crippen molar-refractivity contribution in [3.05, 3.63) is 40.6 Å². The second kappa shape index (κ2) is 8.27. The number of aryl methyl sites for hydroxylation is 1. The standard InChI is InChI=1S/C16H18BrN5OS.ClH/c1-20(2)8-9-22(15(23)13-6-7-18-21(13)3)16-19-12-5-4-11(17)10-14(12)24-16;/h4-7,10H,8-9H2,1-3H3;1H. The minimum atomic E-state index is -0.0880. The zero-order chi connectivity index (χ0) is 17.3. The summed E-state index contributed by atoms with van der Waals surface area (Å²) in [5.41, 5.74) is 1.44. The SMILES string of the molecule is CN(C)CCN(C(=O)c1ccnn1C)c1nc2ccc(Br)cc2s1.Cl. The van der Waals surface area contributed by atoms with Crippen LogP contribution < -0.4 is 4.90 Å². The molecule has 0 unspecified atom stereocenters. The Labute approximate surface area is 165 Å². The van der Waals surface area contributed by atoms with E-state index in [1.807, 2.05) is 37.2 Å². The number of hydrogen-bond acceptors (Lipinski definition) is 5. The van der Waals surface area contributed by atoms with Crippen molar-refractivity contribution in [2.75, 3.05) is 32.1 Å². The van der Waals surface area contributed by atoms with Crippen LogP contribution >= 0.6 is 39.7 Å². The normalized spacial score (nSPS) is 10.9. The maximum absolute atomic E-state index is 13.0. The van der Waals surface area contributed by atoms with Gasteiger partial charge in [0.1, 0.15) is 5.69 Å². The smallest absolute Gasteiger partial charge is 0.278 e. The zero-order valence-corrected chi connectivity index (χ0v) is 17.4. The molecule has 0 atom stereocenters. The molecule has 6 nitrogen and oxygen atoms in total. The second-order valence-electron chi connectivity index (χ2n) is 5.71. The fourth-order valence-corrected chi connectivity index (χ4v) is 3.85. The third-order valence-corrected chi connectivity index (χ3v) is 5.16. The molecule has 25 heavy (non-hydrogen) atoms. The van der Waals surface area contributed by atoms with E-state index in [4.69, 9.17) is 0 Å². The molecule has 2 aromatic heterocycles. The lowest BCUT2D eigenvalue weighted by molar-refractivity contribution is 0.0976. The number of hydrogen-bond donors (Lipinski definition) is 0. The van der Waals surface area contributed by atoms with Gasteiger partial charge in [-0.1, -0.05) is 27.3 Å². The Bertz CT molecular complexity index is 878. The van der Waals surface area contributed by atoms with Gasteiger partial charge < -0.3 is 4.90 Å². The average molecular weight is 445 g/mol. The van der Waals surface area contributed by atoms with Gasteiger partial charge in [-0.05, 0) is 38.4 Å². The Morgan fingerprint density at radius 3 is 2.68 bits per heavy atom. The van der Waals surface area contributed by atoms with Gasteiger partial charge in [-0.2, -0.15) is 5.10 Å². The van der Waals surface area contributed by atoms with Crippen LogP contribution in [-0.4, -0.2) is 52.8 Å². The van der Waals surface area contributed by atoms with Gasteiger partial charge in [0.05, 0.1) is 10.2 Å². The number of nitrogens with zero attached hydrogens (tertiary/aromatic N) is 5. The number of carbonyl (C=O) groups excluding carboxylic acids is 1. The maximum atomic E-state index is 13.0. The molecule has 3 aromatic rings. The van der Waals surface area contributed by atoms with Crippen LogP contribution in [0, 0.1) is 0 Å². The summed E-state index contributed by atoms with van der Waals surface area (Å²) >= 11 is 5.00. The van der Waals surface area contributed by atoms with Crippen LogP contribution in [0.4, 0.5) is 5.13 Å². The summed E-state index contributed by atoms with van der Waals surface area (Å²) in [6.07, 6.45) is 1.63. The Kier molecular flexibility index (Phi) is 6.56. The van der Waals surface area contributed by atoms with Crippen molar-refractivity contribution in [2.24, 2.45) is 7.05 Å². The number of carbonyl (C=O) groups is 1. The van der Waals surface area contributed by atoms with Crippen molar-refractivity contribution in [3.63, 3.8) is 0 Å². The van der Waals surface area contributed by atoms with Gasteiger partial charge in [0.2, 0.25) is 0 Å². The number of likely N-dealkylation sites (N-methyl/N-ethyl adjacent to an activating group) is 1. The van der Waals surface area contributed by atoms with Crippen molar-refractivity contribution >= 4 is 60.9 Å². The van der Waals surface area contributed by atoms with Gasteiger partial charge in [0.25, 0.3) is 5.91 Å². The van der Waals surface area contributed by atoms with Crippen LogP contribution in [0.15, 0.2) is 34.9 Å². The summed E-state index contributed by atoms with van der Waals surface area (Å²) in [7, 11) is 5.75. The quantitative estimate of drug-likeness (QED) is 0.605. The number of anilines is 1. The maximum Gasteiger partial charge on any atom is 0.278 e. The van der Waals surface area contributed by atoms with Crippen molar-refractivity contribution < 1.29 is 4.79 Å². The molecule has 0 aliphatic carbocycles. The summed E-state index contributed by atoms with van der Waals surface area (Å²) in [5.74, 6) is -0.0880. The van der Waals surface area contributed by atoms with Gasteiger partial charge in [0, 0.05) is 30.8 Å². The third-order valence-electron chi connectivity index (χ3n) is 3.63. The average Bonchev–Trinajstić information content (AvgIpc) is 3.12. The molecule has 134 valence electrons. The van der Waals surface area contributed by atoms with Crippen LogP contribution in [0.1, 0.15) is 10.5 Å². The molecule has 1 aromatic carbocycles. The number of aromatic nitrogens is 3. The van der Waals surface area contributed by atoms with Crippen molar-refractivity contribution in [1.82, 2.24) is 19.7 Å². The molecule has 0 bridgehead atoms. The monoisotopic (exact) mass is 443 g/mol. The van der Waals surface area contributed by atoms with E-state index in [1.54, 1.807) is 28.9 Å². The molecule has 9 heteroatoms. The van der Waals surface area contributed by atoms with Crippen LogP contribution in [0.3, 0.4) is 0 Å². The molecule has 0 aliphatic heterocycles. The number of fused-ring (bicyclic) bond motifs is 1. The predicted molar refractivity (Wildman–Crippen MR) is 108 cm³/mol. The number of rotatable bonds is 5. The number of amides is 1. The van der Waals surface area contributed by atoms with Crippen LogP contribution in [0.25, 0.3) is 10.2 Å². The lowest BCUT2D eigenvalue weighted by atomic mass is 10.3. The Morgan fingerprint density at radius 1 is 1.28 bits per heavy atom. The molecule has 2 heterocycles. The highest BCUT2D eigenvalue weighted by Gasteiger charge is 2.23. The lowest BCUT2D eigenvalue weighted by Crippen LogP contribution is -2.37. The molecule has 1 amide bonds. The Balaban J connectivity index is 0.00000225. The summed E-state index contributed by atoms with van der Waals surface area (Å²) in [6, 6.07) is 7.67. The minimum absolute atomic E-state index is 0. The van der Waals surface area contributed by atoms with E-state index in [9.17, 15) is 4.79 Å². The van der Waals surface area contributed by atoms with Crippen LogP contribution in [0.5, 0.6) is 0 Å². The first kappa shape index (κ1) is 19.8. The Morgan fingerprint density at radius 2 is 2.04 bits per heavy atom. The van der Waals surface area contributed by atoms with E-state index >= 15 is 0 Å². The van der Waals surface area contributed by atoms with Crippen molar-refractivity contribution in [3.8, 4) is 0 Å². The van der Waals surface area contributed by atoms with Gasteiger partial charge in [-0.25, -0.2) is 4.98 Å². The molecule has 0 saturated carbocycles. The highest BCUT2D eigenvalue weighted by atomic mass is 79.9. The number of halogens is 2. The van der Waals surface area contributed by atoms with E-state index in [0.29, 0.717) is 17.4 Å². The van der Waals surface area contributed by atoms with E-state index in [1.165, 1.54) is 11.3 Å². The van der Waals surface area contributed by atoms with Gasteiger partial charge in [0.15, 0.2) is 5.13 Å². The van der Waals surface area contributed by atoms with Crippen LogP contribution in [-0.2, 0) is 7.05 Å². The van der Waals surface area contributed by atoms with E-state index in [-0.39, 0.29) is 18.3 Å². The highest BCUT2D eigenvalue weighted by Crippen LogP contribution is 2.31. The highest BCUT2D eigenvalue weighted by molar-refractivity contribution is 9.10. The Hall–Kier alpha value is -1.48. The molecule has 0 saturated heterocycles. The summed E-state index contributed by atoms with van der Waals surface area (Å²) in [6.45, 7) is 1.32. The predicted octanol–water partition coefficient (Wildman–Crippen LogP) is 3.42. The fourth-order valence-electron chi connectivity index (χ4n) is 2.31. The summed E-state index contributed by atoms with van der Waals surface area (Å²) in [4.78, 5) is 21.4. The fraction of sp³-hybridized carbons (Fsp3) is 0.312. The van der Waals surface area contributed by atoms with Gasteiger partial charge in [-0.15, -0.1) is 12.4 Å². The first-order chi connectivity index (χ1) is 11.5. The first-order valence-electron chi connectivity index (χ1n) is 7.46. The van der Waals surface area contributed by atoms with E-state index in [2.05, 4.69) is 26.0 Å². The lowest BCUT2D eigenvalue weighted by Gasteiger charge is -2.21. The molecule has 0 radical (unpaired) electrons. The van der Waals surface area contributed by atoms with Crippen molar-refractivity contribution in [1.29, 1.82) is 0 Å². The number of benzene rings is 1. The van der Waals surface area contributed by atoms with Gasteiger partial charge in [-0.3, -0.25) is 14.4 Å². The van der Waals surface area contributed by atoms with Gasteiger partial charge >= 0.3 is 0 Å². The molecule has 0 N–H and O–H groups in total. The molecule has 0 fully saturated rings. The molecule has 0 aliphatic rings. The zero-order valence-electron chi connectivity index (χ0n) is 14.1. The van der Waals surface area contributed by atoms with E-state index < -0.39 is 0 Å². The molecule has 3 rings (SSSR count). The second-order valence-corrected chi connectivity index (χ2v) is 7.63. The largest absolute Gasteiger partial charge is 0.308 e. The summed E-state index contributed by atoms with van der Waals surface area (Å²) in [5, 5.41) is 4.80. The molecule has 0 spiro atoms. The number of thiazole rings is 1. The van der Waals surface area contributed by atoms with Crippen LogP contribution in [0.2, 0.25) is 0 Å². The molecular weight excluding hydrogens is 426 g/mol. The first-order valence-corrected chi connectivity index (χ1v) is 9.07. The topological polar surface area (TPSA) is 54.3 Å². The van der Waals surface area contributed by atoms with Crippen molar-refractivity contribution in [2.45, 2.75) is 0 Å². The molecular formula is C16H19BrClN5OS. The van der Waals surface area contributed by atoms with E-state index in [0.717, 1.165) is 21.2 Å². The minimum Gasteiger partial charge on any atom is -0.308 e. The third kappa shape index (κ3) is 4.38. The summed E-state index contributed by atoms with van der Waals surface area (Å²) < 4.78 is 3.64.